The number of carbonyl (C=O) groups excluding carboxylic acids is 3. The lowest BCUT2D eigenvalue weighted by Gasteiger charge is -2.25. The van der Waals surface area contributed by atoms with Crippen molar-refractivity contribution < 1.29 is 19.1 Å². The topological polar surface area (TPSA) is 79.5 Å². The Labute approximate surface area is 137 Å². The molecule has 6 nitrogen and oxygen atoms in total. The first-order valence-corrected chi connectivity index (χ1v) is 7.93. The largest absolute Gasteiger partial charge is 0.461 e. The van der Waals surface area contributed by atoms with E-state index in [0.29, 0.717) is 28.9 Å². The molecule has 1 heterocycles. The maximum atomic E-state index is 12.6. The van der Waals surface area contributed by atoms with Crippen LogP contribution in [0, 0.1) is 13.8 Å². The van der Waals surface area contributed by atoms with Crippen molar-refractivity contribution in [1.82, 2.24) is 9.88 Å². The van der Waals surface area contributed by atoms with Gasteiger partial charge in [0, 0.05) is 23.7 Å². The number of rotatable bonds is 7. The lowest BCUT2D eigenvalue weighted by molar-refractivity contribution is -0.132. The molecule has 1 amide bonds. The molecule has 0 fully saturated rings. The van der Waals surface area contributed by atoms with E-state index in [-0.39, 0.29) is 30.9 Å². The molecule has 1 aromatic rings. The van der Waals surface area contributed by atoms with E-state index in [0.717, 1.165) is 0 Å². The number of aromatic nitrogens is 1. The van der Waals surface area contributed by atoms with E-state index < -0.39 is 5.97 Å². The Kier molecular flexibility index (Phi) is 6.54. The molecule has 0 radical (unpaired) electrons. The van der Waals surface area contributed by atoms with Crippen molar-refractivity contribution in [2.24, 2.45) is 0 Å². The number of nitrogens with zero attached hydrogens (tertiary/aromatic N) is 1. The standard InChI is InChI=1S/C17H26N2O4/c1-7-14(21)19(10(3)4)9-13(20)15-11(5)16(18-12(15)6)17(22)23-8-2/h10,18H,7-9H2,1-6H3. The van der Waals surface area contributed by atoms with Crippen molar-refractivity contribution in [2.75, 3.05) is 13.2 Å². The van der Waals surface area contributed by atoms with E-state index in [4.69, 9.17) is 4.74 Å². The number of ether oxygens (including phenoxy) is 1. The molecule has 6 heteroatoms. The number of aromatic amines is 1. The first-order chi connectivity index (χ1) is 10.7. The quantitative estimate of drug-likeness (QED) is 0.618. The summed E-state index contributed by atoms with van der Waals surface area (Å²) in [6.07, 6.45) is 0.352. The van der Waals surface area contributed by atoms with Crippen LogP contribution in [0.15, 0.2) is 0 Å². The van der Waals surface area contributed by atoms with Crippen molar-refractivity contribution in [2.45, 2.75) is 54.0 Å². The van der Waals surface area contributed by atoms with Gasteiger partial charge in [0.15, 0.2) is 5.78 Å². The van der Waals surface area contributed by atoms with E-state index in [1.165, 1.54) is 0 Å². The number of esters is 1. The van der Waals surface area contributed by atoms with E-state index in [9.17, 15) is 14.4 Å². The minimum atomic E-state index is -0.475. The van der Waals surface area contributed by atoms with Gasteiger partial charge in [-0.3, -0.25) is 9.59 Å². The average molecular weight is 322 g/mol. The number of carbonyl (C=O) groups is 3. The van der Waals surface area contributed by atoms with Crippen molar-refractivity contribution in [1.29, 1.82) is 0 Å². The van der Waals surface area contributed by atoms with Crippen molar-refractivity contribution in [3.63, 3.8) is 0 Å². The fraction of sp³-hybridized carbons (Fsp3) is 0.588. The summed E-state index contributed by atoms with van der Waals surface area (Å²) in [6, 6.07) is -0.0597. The van der Waals surface area contributed by atoms with Crippen LogP contribution in [-0.4, -0.2) is 46.7 Å². The minimum absolute atomic E-state index is 0.00609. The van der Waals surface area contributed by atoms with Crippen molar-refractivity contribution >= 4 is 17.7 Å². The van der Waals surface area contributed by atoms with E-state index in [1.807, 2.05) is 13.8 Å². The zero-order chi connectivity index (χ0) is 17.7. The molecule has 128 valence electrons. The first kappa shape index (κ1) is 18.9. The Morgan fingerprint density at radius 2 is 1.78 bits per heavy atom. The number of aryl methyl sites for hydroxylation is 1. The van der Waals surface area contributed by atoms with Crippen LogP contribution in [0.5, 0.6) is 0 Å². The SMILES string of the molecule is CCOC(=O)c1[nH]c(C)c(C(=O)CN(C(=O)CC)C(C)C)c1C. The lowest BCUT2D eigenvalue weighted by Crippen LogP contribution is -2.40. The van der Waals surface area contributed by atoms with Crippen LogP contribution in [0.2, 0.25) is 0 Å². The van der Waals surface area contributed by atoms with E-state index in [1.54, 1.807) is 32.6 Å². The second-order valence-electron chi connectivity index (χ2n) is 5.74. The van der Waals surface area contributed by atoms with Crippen LogP contribution in [0.4, 0.5) is 0 Å². The van der Waals surface area contributed by atoms with Gasteiger partial charge in [0.05, 0.1) is 13.2 Å². The molecule has 0 aliphatic rings. The monoisotopic (exact) mass is 322 g/mol. The normalized spacial score (nSPS) is 10.7. The molecule has 0 unspecified atom stereocenters. The van der Waals surface area contributed by atoms with E-state index in [2.05, 4.69) is 4.98 Å². The Bertz CT molecular complexity index is 602. The number of ketones is 1. The van der Waals surface area contributed by atoms with Gasteiger partial charge < -0.3 is 14.6 Å². The van der Waals surface area contributed by atoms with Gasteiger partial charge in [0.2, 0.25) is 5.91 Å². The third-order valence-corrected chi connectivity index (χ3v) is 3.76. The summed E-state index contributed by atoms with van der Waals surface area (Å²) < 4.78 is 4.99. The fourth-order valence-corrected chi connectivity index (χ4v) is 2.57. The molecular weight excluding hydrogens is 296 g/mol. The number of H-pyrrole nitrogens is 1. The van der Waals surface area contributed by atoms with Crippen molar-refractivity contribution in [3.05, 3.63) is 22.5 Å². The second-order valence-corrected chi connectivity index (χ2v) is 5.74. The third-order valence-electron chi connectivity index (χ3n) is 3.76. The number of nitrogens with one attached hydrogen (secondary N) is 1. The molecule has 1 aromatic heterocycles. The van der Waals surface area contributed by atoms with Gasteiger partial charge in [-0.1, -0.05) is 6.92 Å². The summed E-state index contributed by atoms with van der Waals surface area (Å²) >= 11 is 0. The number of hydrogen-bond donors (Lipinski definition) is 1. The maximum Gasteiger partial charge on any atom is 0.355 e. The first-order valence-electron chi connectivity index (χ1n) is 7.93. The minimum Gasteiger partial charge on any atom is -0.461 e. The number of Topliss-reactive ketones (excluding diaryl/α,β-unsaturated/α-hetero) is 1. The van der Waals surface area contributed by atoms with Crippen LogP contribution in [-0.2, 0) is 9.53 Å². The molecule has 0 saturated carbocycles. The second kappa shape index (κ2) is 7.94. The Hall–Kier alpha value is -2.11. The molecule has 0 saturated heterocycles. The highest BCUT2D eigenvalue weighted by Crippen LogP contribution is 2.20. The smallest absolute Gasteiger partial charge is 0.355 e. The van der Waals surface area contributed by atoms with Crippen LogP contribution >= 0.6 is 0 Å². The molecule has 0 aromatic carbocycles. The van der Waals surface area contributed by atoms with Gasteiger partial charge >= 0.3 is 5.97 Å². The predicted octanol–water partition coefficient (Wildman–Crippen LogP) is 2.64. The molecular formula is C17H26N2O4. The third kappa shape index (κ3) is 4.21. The van der Waals surface area contributed by atoms with Crippen LogP contribution < -0.4 is 0 Å². The van der Waals surface area contributed by atoms with Gasteiger partial charge in [0.1, 0.15) is 5.69 Å². The zero-order valence-corrected chi connectivity index (χ0v) is 14.8. The Morgan fingerprint density at radius 1 is 1.17 bits per heavy atom. The summed E-state index contributed by atoms with van der Waals surface area (Å²) in [5, 5.41) is 0. The van der Waals surface area contributed by atoms with Gasteiger partial charge in [0.25, 0.3) is 0 Å². The van der Waals surface area contributed by atoms with Gasteiger partial charge in [-0.05, 0) is 40.2 Å². The zero-order valence-electron chi connectivity index (χ0n) is 14.8. The Balaban J connectivity index is 3.09. The van der Waals surface area contributed by atoms with Gasteiger partial charge in [-0.2, -0.15) is 0 Å². The average Bonchev–Trinajstić information content (AvgIpc) is 2.78. The Morgan fingerprint density at radius 3 is 2.26 bits per heavy atom. The molecule has 1 N–H and O–H groups in total. The van der Waals surface area contributed by atoms with Crippen LogP contribution in [0.3, 0.4) is 0 Å². The number of hydrogen-bond acceptors (Lipinski definition) is 4. The predicted molar refractivity (Wildman–Crippen MR) is 87.7 cm³/mol. The summed E-state index contributed by atoms with van der Waals surface area (Å²) in [4.78, 5) is 41.0. The highest BCUT2D eigenvalue weighted by atomic mass is 16.5. The highest BCUT2D eigenvalue weighted by molar-refractivity contribution is 6.04. The van der Waals surface area contributed by atoms with Crippen molar-refractivity contribution in [3.8, 4) is 0 Å². The van der Waals surface area contributed by atoms with Crippen LogP contribution in [0.1, 0.15) is 66.2 Å². The highest BCUT2D eigenvalue weighted by Gasteiger charge is 2.26. The van der Waals surface area contributed by atoms with Gasteiger partial charge in [-0.15, -0.1) is 0 Å². The molecule has 0 aliphatic carbocycles. The summed E-state index contributed by atoms with van der Waals surface area (Å²) in [7, 11) is 0. The molecule has 0 spiro atoms. The molecule has 0 aliphatic heterocycles. The van der Waals surface area contributed by atoms with Gasteiger partial charge in [-0.25, -0.2) is 4.79 Å². The molecule has 0 bridgehead atoms. The van der Waals surface area contributed by atoms with Crippen LogP contribution in [0.25, 0.3) is 0 Å². The summed E-state index contributed by atoms with van der Waals surface area (Å²) in [5.41, 5.74) is 1.94. The fourth-order valence-electron chi connectivity index (χ4n) is 2.57. The molecule has 1 rings (SSSR count). The molecule has 23 heavy (non-hydrogen) atoms. The molecule has 0 atom stereocenters. The van der Waals surface area contributed by atoms with E-state index >= 15 is 0 Å². The summed E-state index contributed by atoms with van der Waals surface area (Å²) in [6.45, 7) is 11.0. The maximum absolute atomic E-state index is 12.6. The summed E-state index contributed by atoms with van der Waals surface area (Å²) in [5.74, 6) is -0.718. The lowest BCUT2D eigenvalue weighted by atomic mass is 10.0. The number of amides is 1.